The van der Waals surface area contributed by atoms with Gasteiger partial charge in [-0.25, -0.2) is 0 Å². The second-order valence-corrected chi connectivity index (χ2v) is 8.64. The summed E-state index contributed by atoms with van der Waals surface area (Å²) >= 11 is 12.6. The summed E-state index contributed by atoms with van der Waals surface area (Å²) in [6, 6.07) is 23.1. The third kappa shape index (κ3) is 7.24. The lowest BCUT2D eigenvalue weighted by Gasteiger charge is -2.31. The Morgan fingerprint density at radius 2 is 1.56 bits per heavy atom. The van der Waals surface area contributed by atoms with Crippen LogP contribution >= 0.6 is 23.2 Å². The van der Waals surface area contributed by atoms with Crippen molar-refractivity contribution >= 4 is 35.0 Å². The van der Waals surface area contributed by atoms with Crippen LogP contribution in [0.15, 0.2) is 78.9 Å². The van der Waals surface area contributed by atoms with E-state index < -0.39 is 6.04 Å². The Hall–Kier alpha value is -3.02. The summed E-state index contributed by atoms with van der Waals surface area (Å²) in [4.78, 5) is 28.3. The van der Waals surface area contributed by atoms with Crippen molar-refractivity contribution < 1.29 is 14.3 Å². The maximum atomic E-state index is 13.5. The molecule has 0 fully saturated rings. The minimum absolute atomic E-state index is 0.168. The van der Waals surface area contributed by atoms with Crippen LogP contribution in [0.5, 0.6) is 5.75 Å². The zero-order valence-electron chi connectivity index (χ0n) is 19.0. The summed E-state index contributed by atoms with van der Waals surface area (Å²) in [5.41, 5.74) is 1.69. The first kappa shape index (κ1) is 25.6. The number of para-hydroxylation sites is 1. The Balaban J connectivity index is 1.91. The molecule has 0 heterocycles. The summed E-state index contributed by atoms with van der Waals surface area (Å²) in [6.45, 7) is 2.41. The van der Waals surface area contributed by atoms with Gasteiger partial charge in [0, 0.05) is 24.5 Å². The van der Waals surface area contributed by atoms with Crippen molar-refractivity contribution in [2.75, 3.05) is 13.2 Å². The molecule has 0 aliphatic rings. The molecule has 1 atom stereocenters. The van der Waals surface area contributed by atoms with Crippen molar-refractivity contribution in [3.8, 4) is 5.75 Å². The van der Waals surface area contributed by atoms with E-state index in [-0.39, 0.29) is 25.0 Å². The molecule has 0 bridgehead atoms. The average molecular weight is 499 g/mol. The molecule has 0 saturated heterocycles. The maximum Gasteiger partial charge on any atom is 0.261 e. The zero-order valence-corrected chi connectivity index (χ0v) is 20.6. The fourth-order valence-corrected chi connectivity index (χ4v) is 3.90. The Labute approximate surface area is 210 Å². The molecule has 3 aromatic rings. The summed E-state index contributed by atoms with van der Waals surface area (Å²) in [5.74, 6) is -0.151. The second-order valence-electron chi connectivity index (χ2n) is 7.83. The van der Waals surface area contributed by atoms with E-state index >= 15 is 0 Å². The molecule has 0 aromatic heterocycles. The molecule has 1 unspecified atom stereocenters. The van der Waals surface area contributed by atoms with E-state index in [1.165, 1.54) is 4.90 Å². The summed E-state index contributed by atoms with van der Waals surface area (Å²) in [7, 11) is 0. The van der Waals surface area contributed by atoms with Gasteiger partial charge in [-0.2, -0.15) is 0 Å². The number of hydrogen-bond donors (Lipinski definition) is 1. The number of ether oxygens (including phenoxy) is 1. The number of rotatable bonds is 11. The second kappa shape index (κ2) is 13.0. The first-order valence-electron chi connectivity index (χ1n) is 11.2. The van der Waals surface area contributed by atoms with Crippen molar-refractivity contribution in [3.63, 3.8) is 0 Å². The molecule has 7 heteroatoms. The lowest BCUT2D eigenvalue weighted by Crippen LogP contribution is -2.51. The van der Waals surface area contributed by atoms with Crippen LogP contribution in [0, 0.1) is 0 Å². The van der Waals surface area contributed by atoms with Gasteiger partial charge in [0.1, 0.15) is 11.8 Å². The number of halogens is 2. The normalized spacial score (nSPS) is 11.5. The molecular weight excluding hydrogens is 471 g/mol. The van der Waals surface area contributed by atoms with Crippen LogP contribution in [-0.2, 0) is 22.6 Å². The molecule has 3 rings (SSSR count). The van der Waals surface area contributed by atoms with Gasteiger partial charge in [-0.15, -0.1) is 0 Å². The fraction of sp³-hybridized carbons (Fsp3) is 0.259. The highest BCUT2D eigenvalue weighted by Crippen LogP contribution is 2.24. The van der Waals surface area contributed by atoms with Crippen LogP contribution in [-0.4, -0.2) is 35.9 Å². The van der Waals surface area contributed by atoms with E-state index in [0.29, 0.717) is 28.8 Å². The minimum atomic E-state index is -0.743. The average Bonchev–Trinajstić information content (AvgIpc) is 2.85. The molecule has 3 aromatic carbocycles. The van der Waals surface area contributed by atoms with Crippen molar-refractivity contribution in [1.29, 1.82) is 0 Å². The molecule has 0 aliphatic heterocycles. The Morgan fingerprint density at radius 3 is 2.24 bits per heavy atom. The van der Waals surface area contributed by atoms with Crippen LogP contribution < -0.4 is 10.1 Å². The zero-order chi connectivity index (χ0) is 24.3. The van der Waals surface area contributed by atoms with E-state index in [2.05, 4.69) is 5.32 Å². The molecule has 1 N–H and O–H groups in total. The summed E-state index contributed by atoms with van der Waals surface area (Å²) in [6.07, 6.45) is 1.15. The van der Waals surface area contributed by atoms with Crippen LogP contribution in [0.4, 0.5) is 0 Å². The number of nitrogens with zero attached hydrogens (tertiary/aromatic N) is 1. The maximum absolute atomic E-state index is 13.5. The molecule has 0 radical (unpaired) electrons. The lowest BCUT2D eigenvalue weighted by atomic mass is 10.0. The van der Waals surface area contributed by atoms with E-state index in [1.807, 2.05) is 55.5 Å². The topological polar surface area (TPSA) is 58.6 Å². The summed E-state index contributed by atoms with van der Waals surface area (Å²) < 4.78 is 5.72. The molecule has 34 heavy (non-hydrogen) atoms. The van der Waals surface area contributed by atoms with Gasteiger partial charge >= 0.3 is 0 Å². The van der Waals surface area contributed by atoms with Crippen LogP contribution in [0.2, 0.25) is 10.0 Å². The molecule has 2 amide bonds. The van der Waals surface area contributed by atoms with Crippen molar-refractivity contribution in [2.45, 2.75) is 32.4 Å². The number of benzene rings is 3. The quantitative estimate of drug-likeness (QED) is 0.377. The Bertz CT molecular complexity index is 1090. The highest BCUT2D eigenvalue weighted by atomic mass is 35.5. The van der Waals surface area contributed by atoms with Gasteiger partial charge in [0.15, 0.2) is 6.61 Å². The predicted molar refractivity (Wildman–Crippen MR) is 136 cm³/mol. The standard InChI is InChI=1S/C27H28Cl2N2O3/c1-2-16-30-27(33)24(17-20-10-4-3-5-11-20)31(18-21-12-6-7-13-22(21)28)26(32)19-34-25-15-9-8-14-23(25)29/h3-15,24H,2,16-19H2,1H3,(H,30,33). The van der Waals surface area contributed by atoms with Gasteiger partial charge in [-0.05, 0) is 35.7 Å². The number of hydrogen-bond acceptors (Lipinski definition) is 3. The number of nitrogens with one attached hydrogen (secondary N) is 1. The minimum Gasteiger partial charge on any atom is -0.482 e. The lowest BCUT2D eigenvalue weighted by molar-refractivity contribution is -0.142. The third-order valence-electron chi connectivity index (χ3n) is 5.31. The first-order chi connectivity index (χ1) is 16.5. The third-order valence-corrected chi connectivity index (χ3v) is 5.99. The largest absolute Gasteiger partial charge is 0.482 e. The Kier molecular flexibility index (Phi) is 9.80. The van der Waals surface area contributed by atoms with Gasteiger partial charge in [0.05, 0.1) is 5.02 Å². The number of carbonyl (C=O) groups is 2. The predicted octanol–water partition coefficient (Wildman–Crippen LogP) is 5.54. The van der Waals surface area contributed by atoms with Gasteiger partial charge < -0.3 is 15.0 Å². The van der Waals surface area contributed by atoms with Gasteiger partial charge in [-0.1, -0.05) is 90.8 Å². The molecular formula is C27H28Cl2N2O3. The van der Waals surface area contributed by atoms with Gasteiger partial charge in [0.25, 0.3) is 5.91 Å². The highest BCUT2D eigenvalue weighted by Gasteiger charge is 2.31. The van der Waals surface area contributed by atoms with Crippen molar-refractivity contribution in [1.82, 2.24) is 10.2 Å². The van der Waals surface area contributed by atoms with Crippen LogP contribution in [0.1, 0.15) is 24.5 Å². The van der Waals surface area contributed by atoms with E-state index in [9.17, 15) is 9.59 Å². The van der Waals surface area contributed by atoms with Gasteiger partial charge in [0.2, 0.25) is 5.91 Å². The van der Waals surface area contributed by atoms with Crippen molar-refractivity contribution in [2.24, 2.45) is 0 Å². The SMILES string of the molecule is CCCNC(=O)C(Cc1ccccc1)N(Cc1ccccc1Cl)C(=O)COc1ccccc1Cl. The van der Waals surface area contributed by atoms with E-state index in [4.69, 9.17) is 27.9 Å². The number of carbonyl (C=O) groups excluding carboxylic acids is 2. The van der Waals surface area contributed by atoms with Gasteiger partial charge in [-0.3, -0.25) is 9.59 Å². The van der Waals surface area contributed by atoms with Crippen molar-refractivity contribution in [3.05, 3.63) is 100 Å². The molecule has 0 saturated carbocycles. The monoisotopic (exact) mass is 498 g/mol. The summed E-state index contributed by atoms with van der Waals surface area (Å²) in [5, 5.41) is 3.88. The Morgan fingerprint density at radius 1 is 0.912 bits per heavy atom. The molecule has 178 valence electrons. The molecule has 0 spiro atoms. The van der Waals surface area contributed by atoms with Crippen LogP contribution in [0.3, 0.4) is 0 Å². The highest BCUT2D eigenvalue weighted by molar-refractivity contribution is 6.32. The first-order valence-corrected chi connectivity index (χ1v) is 12.0. The fourth-order valence-electron chi connectivity index (χ4n) is 3.51. The van der Waals surface area contributed by atoms with Crippen LogP contribution in [0.25, 0.3) is 0 Å². The molecule has 5 nitrogen and oxygen atoms in total. The van der Waals surface area contributed by atoms with E-state index in [1.54, 1.807) is 30.3 Å². The smallest absolute Gasteiger partial charge is 0.261 e. The molecule has 0 aliphatic carbocycles. The van der Waals surface area contributed by atoms with E-state index in [0.717, 1.165) is 17.5 Å². The number of amides is 2.